The summed E-state index contributed by atoms with van der Waals surface area (Å²) in [5, 5.41) is 17.4. The predicted octanol–water partition coefficient (Wildman–Crippen LogP) is 3.05. The van der Waals surface area contributed by atoms with Crippen molar-refractivity contribution in [3.05, 3.63) is 35.7 Å². The molecule has 0 heterocycles. The van der Waals surface area contributed by atoms with Gasteiger partial charge in [-0.3, -0.25) is 0 Å². The minimum absolute atomic E-state index is 0.0714. The Kier molecular flexibility index (Phi) is 5.73. The number of nitriles is 1. The SMILES string of the molecule is CC(C)N(CCC#N)c1cccc(F)c1/C=C/C(=O)O. The summed E-state index contributed by atoms with van der Waals surface area (Å²) >= 11 is 0. The van der Waals surface area contributed by atoms with Crippen molar-refractivity contribution in [3.8, 4) is 6.07 Å². The molecule has 1 aromatic rings. The van der Waals surface area contributed by atoms with Crippen LogP contribution < -0.4 is 4.90 Å². The van der Waals surface area contributed by atoms with Gasteiger partial charge in [-0.25, -0.2) is 9.18 Å². The maximum Gasteiger partial charge on any atom is 0.328 e. The van der Waals surface area contributed by atoms with E-state index in [1.54, 1.807) is 12.1 Å². The second kappa shape index (κ2) is 7.29. The van der Waals surface area contributed by atoms with Crippen LogP contribution >= 0.6 is 0 Å². The number of halogens is 1. The molecular weight excluding hydrogens is 259 g/mol. The van der Waals surface area contributed by atoms with E-state index < -0.39 is 11.8 Å². The van der Waals surface area contributed by atoms with Crippen LogP contribution in [-0.4, -0.2) is 23.7 Å². The van der Waals surface area contributed by atoms with E-state index in [9.17, 15) is 9.18 Å². The van der Waals surface area contributed by atoms with Crippen molar-refractivity contribution >= 4 is 17.7 Å². The van der Waals surface area contributed by atoms with Crippen molar-refractivity contribution in [3.63, 3.8) is 0 Å². The number of rotatable bonds is 6. The fraction of sp³-hybridized carbons (Fsp3) is 0.333. The Morgan fingerprint density at radius 3 is 2.80 bits per heavy atom. The third-order valence-electron chi connectivity index (χ3n) is 2.82. The zero-order valence-electron chi connectivity index (χ0n) is 11.5. The van der Waals surface area contributed by atoms with E-state index in [1.165, 1.54) is 12.1 Å². The first-order chi connectivity index (χ1) is 9.47. The Morgan fingerprint density at radius 2 is 2.25 bits per heavy atom. The Bertz CT molecular complexity index is 547. The summed E-state index contributed by atoms with van der Waals surface area (Å²) in [7, 11) is 0. The molecule has 4 nitrogen and oxygen atoms in total. The molecule has 0 fully saturated rings. The number of hydrogen-bond donors (Lipinski definition) is 1. The Hall–Kier alpha value is -2.35. The number of anilines is 1. The number of carboxylic acids is 1. The second-order valence-electron chi connectivity index (χ2n) is 4.54. The molecule has 20 heavy (non-hydrogen) atoms. The normalized spacial score (nSPS) is 10.8. The fourth-order valence-corrected chi connectivity index (χ4v) is 1.92. The fourth-order valence-electron chi connectivity index (χ4n) is 1.92. The lowest BCUT2D eigenvalue weighted by atomic mass is 10.1. The molecule has 0 amide bonds. The maximum atomic E-state index is 13.9. The molecular formula is C15H17FN2O2. The first kappa shape index (κ1) is 15.7. The topological polar surface area (TPSA) is 64.3 Å². The molecule has 5 heteroatoms. The Balaban J connectivity index is 3.24. The van der Waals surface area contributed by atoms with Crippen molar-refractivity contribution in [1.29, 1.82) is 5.26 Å². The summed E-state index contributed by atoms with van der Waals surface area (Å²) in [4.78, 5) is 12.5. The molecule has 106 valence electrons. The highest BCUT2D eigenvalue weighted by Gasteiger charge is 2.15. The molecule has 0 unspecified atom stereocenters. The standard InChI is InChI=1S/C15H17FN2O2/c1-11(2)18(10-4-9-17)14-6-3-5-13(16)12(14)7-8-15(19)20/h3,5-8,11H,4,10H2,1-2H3,(H,19,20)/b8-7+. The zero-order chi connectivity index (χ0) is 15.1. The van der Waals surface area contributed by atoms with Gasteiger partial charge >= 0.3 is 5.97 Å². The average Bonchev–Trinajstić information content (AvgIpc) is 2.37. The smallest absolute Gasteiger partial charge is 0.328 e. The van der Waals surface area contributed by atoms with E-state index in [2.05, 4.69) is 6.07 Å². The van der Waals surface area contributed by atoms with Gasteiger partial charge in [0.15, 0.2) is 0 Å². The van der Waals surface area contributed by atoms with Gasteiger partial charge in [0, 0.05) is 29.9 Å². The van der Waals surface area contributed by atoms with Gasteiger partial charge in [0.25, 0.3) is 0 Å². The molecule has 0 aliphatic rings. The first-order valence-corrected chi connectivity index (χ1v) is 6.30. The predicted molar refractivity (Wildman–Crippen MR) is 75.8 cm³/mol. The van der Waals surface area contributed by atoms with Gasteiger partial charge in [-0.2, -0.15) is 5.26 Å². The molecule has 1 rings (SSSR count). The van der Waals surface area contributed by atoms with Gasteiger partial charge in [0.05, 0.1) is 12.5 Å². The average molecular weight is 276 g/mol. The highest BCUT2D eigenvalue weighted by molar-refractivity contribution is 5.87. The first-order valence-electron chi connectivity index (χ1n) is 6.30. The van der Waals surface area contributed by atoms with Gasteiger partial charge in [0.1, 0.15) is 5.82 Å². The number of nitrogens with zero attached hydrogens (tertiary/aromatic N) is 2. The third-order valence-corrected chi connectivity index (χ3v) is 2.82. The molecule has 1 aromatic carbocycles. The van der Waals surface area contributed by atoms with Crippen molar-refractivity contribution in [2.75, 3.05) is 11.4 Å². The van der Waals surface area contributed by atoms with Crippen LogP contribution in [0.2, 0.25) is 0 Å². The van der Waals surface area contributed by atoms with Crippen molar-refractivity contribution in [2.24, 2.45) is 0 Å². The lowest BCUT2D eigenvalue weighted by Gasteiger charge is -2.29. The zero-order valence-corrected chi connectivity index (χ0v) is 11.5. The van der Waals surface area contributed by atoms with Crippen LogP contribution in [0.3, 0.4) is 0 Å². The second-order valence-corrected chi connectivity index (χ2v) is 4.54. The highest BCUT2D eigenvalue weighted by Crippen LogP contribution is 2.26. The van der Waals surface area contributed by atoms with E-state index in [0.29, 0.717) is 18.7 Å². The number of hydrogen-bond acceptors (Lipinski definition) is 3. The van der Waals surface area contributed by atoms with E-state index >= 15 is 0 Å². The summed E-state index contributed by atoms with van der Waals surface area (Å²) in [6.07, 6.45) is 2.47. The summed E-state index contributed by atoms with van der Waals surface area (Å²) in [5.41, 5.74) is 0.814. The monoisotopic (exact) mass is 276 g/mol. The molecule has 0 saturated carbocycles. The van der Waals surface area contributed by atoms with Gasteiger partial charge in [0.2, 0.25) is 0 Å². The molecule has 0 saturated heterocycles. The molecule has 0 radical (unpaired) electrons. The number of aliphatic carboxylic acids is 1. The highest BCUT2D eigenvalue weighted by atomic mass is 19.1. The summed E-state index contributed by atoms with van der Waals surface area (Å²) < 4.78 is 13.9. The van der Waals surface area contributed by atoms with Crippen LogP contribution in [0.25, 0.3) is 6.08 Å². The Morgan fingerprint density at radius 1 is 1.55 bits per heavy atom. The molecule has 1 N–H and O–H groups in total. The maximum absolute atomic E-state index is 13.9. The summed E-state index contributed by atoms with van der Waals surface area (Å²) in [5.74, 6) is -1.62. The van der Waals surface area contributed by atoms with Crippen LogP contribution in [-0.2, 0) is 4.79 Å². The van der Waals surface area contributed by atoms with Gasteiger partial charge in [-0.15, -0.1) is 0 Å². The van der Waals surface area contributed by atoms with Gasteiger partial charge in [-0.05, 0) is 32.1 Å². The van der Waals surface area contributed by atoms with E-state index in [-0.39, 0.29) is 11.6 Å². The van der Waals surface area contributed by atoms with E-state index in [1.807, 2.05) is 18.7 Å². The number of carboxylic acid groups (broad SMARTS) is 1. The van der Waals surface area contributed by atoms with Crippen LogP contribution in [0.15, 0.2) is 24.3 Å². The molecule has 0 aliphatic heterocycles. The lowest BCUT2D eigenvalue weighted by molar-refractivity contribution is -0.131. The van der Waals surface area contributed by atoms with Crippen LogP contribution in [0.5, 0.6) is 0 Å². The summed E-state index contributed by atoms with van der Waals surface area (Å²) in [6, 6.07) is 6.71. The van der Waals surface area contributed by atoms with E-state index in [0.717, 1.165) is 6.08 Å². The molecule has 0 aromatic heterocycles. The van der Waals surface area contributed by atoms with Crippen molar-refractivity contribution < 1.29 is 14.3 Å². The van der Waals surface area contributed by atoms with Gasteiger partial charge in [-0.1, -0.05) is 6.07 Å². The minimum atomic E-state index is -1.13. The third kappa shape index (κ3) is 4.09. The molecule has 0 bridgehead atoms. The van der Waals surface area contributed by atoms with Crippen molar-refractivity contribution in [1.82, 2.24) is 0 Å². The van der Waals surface area contributed by atoms with Crippen LogP contribution in [0, 0.1) is 17.1 Å². The van der Waals surface area contributed by atoms with Crippen LogP contribution in [0.4, 0.5) is 10.1 Å². The molecule has 0 aliphatic carbocycles. The quantitative estimate of drug-likeness (QED) is 0.811. The van der Waals surface area contributed by atoms with Crippen LogP contribution in [0.1, 0.15) is 25.8 Å². The van der Waals surface area contributed by atoms with Gasteiger partial charge < -0.3 is 10.0 Å². The number of carbonyl (C=O) groups is 1. The largest absolute Gasteiger partial charge is 0.478 e. The minimum Gasteiger partial charge on any atom is -0.478 e. The summed E-state index contributed by atoms with van der Waals surface area (Å²) in [6.45, 7) is 4.34. The molecule has 0 atom stereocenters. The molecule has 0 spiro atoms. The lowest BCUT2D eigenvalue weighted by Crippen LogP contribution is -2.32. The number of benzene rings is 1. The van der Waals surface area contributed by atoms with E-state index in [4.69, 9.17) is 10.4 Å². The Labute approximate surface area is 117 Å². The van der Waals surface area contributed by atoms with Crippen molar-refractivity contribution in [2.45, 2.75) is 26.3 Å².